The summed E-state index contributed by atoms with van der Waals surface area (Å²) in [6.07, 6.45) is 2.18. The number of benzene rings is 1. The van der Waals surface area contributed by atoms with E-state index in [0.29, 0.717) is 29.8 Å². The van der Waals surface area contributed by atoms with Crippen molar-refractivity contribution in [1.29, 1.82) is 0 Å². The van der Waals surface area contributed by atoms with Crippen molar-refractivity contribution >= 4 is 0 Å². The smallest absolute Gasteiger partial charge is 0.278 e. The van der Waals surface area contributed by atoms with Crippen LogP contribution >= 0.6 is 0 Å². The summed E-state index contributed by atoms with van der Waals surface area (Å²) in [6, 6.07) is 9.58. The first-order valence-corrected chi connectivity index (χ1v) is 8.03. The van der Waals surface area contributed by atoms with Gasteiger partial charge in [-0.2, -0.15) is 10.1 Å². The Bertz CT molecular complexity index is 895. The zero-order valence-electron chi connectivity index (χ0n) is 13.2. The predicted molar refractivity (Wildman–Crippen MR) is 83.8 cm³/mol. The predicted octanol–water partition coefficient (Wildman–Crippen LogP) is 2.57. The topological polar surface area (TPSA) is 75.2 Å². The molecule has 0 radical (unpaired) electrons. The number of aromatic nitrogens is 4. The SMILES string of the molecule is CC1(c2noc(-c3cc4n(n3)CCC4)n2)COc2ccccc2O1. The van der Waals surface area contributed by atoms with Crippen LogP contribution < -0.4 is 9.47 Å². The summed E-state index contributed by atoms with van der Waals surface area (Å²) in [6.45, 7) is 3.16. The quantitative estimate of drug-likeness (QED) is 0.721. The summed E-state index contributed by atoms with van der Waals surface area (Å²) in [7, 11) is 0. The standard InChI is InChI=1S/C17H16N4O3/c1-17(10-22-13-6-2-3-7-14(13)23-17)16-18-15(24-20-16)12-9-11-5-4-8-21(11)19-12/h2-3,6-7,9H,4-5,8,10H2,1H3. The normalized spacial score (nSPS) is 21.7. The molecule has 0 N–H and O–H groups in total. The minimum absolute atomic E-state index is 0.322. The van der Waals surface area contributed by atoms with Gasteiger partial charge in [-0.25, -0.2) is 0 Å². The Kier molecular flexibility index (Phi) is 2.74. The molecule has 24 heavy (non-hydrogen) atoms. The van der Waals surface area contributed by atoms with Crippen LogP contribution in [0, 0.1) is 0 Å². The van der Waals surface area contributed by atoms with E-state index in [-0.39, 0.29) is 0 Å². The van der Waals surface area contributed by atoms with Gasteiger partial charge in [0.2, 0.25) is 11.4 Å². The molecule has 5 rings (SSSR count). The van der Waals surface area contributed by atoms with Gasteiger partial charge in [0.25, 0.3) is 5.89 Å². The second kappa shape index (κ2) is 4.83. The lowest BCUT2D eigenvalue weighted by Crippen LogP contribution is -2.40. The first-order valence-electron chi connectivity index (χ1n) is 8.03. The third-order valence-corrected chi connectivity index (χ3v) is 4.47. The van der Waals surface area contributed by atoms with Gasteiger partial charge in [0, 0.05) is 12.2 Å². The van der Waals surface area contributed by atoms with Crippen LogP contribution in [0.4, 0.5) is 0 Å². The lowest BCUT2D eigenvalue weighted by molar-refractivity contribution is -0.00588. The van der Waals surface area contributed by atoms with Gasteiger partial charge in [-0.05, 0) is 38.0 Å². The van der Waals surface area contributed by atoms with E-state index in [0.717, 1.165) is 25.1 Å². The maximum atomic E-state index is 6.08. The molecule has 2 aliphatic rings. The molecule has 4 heterocycles. The molecule has 0 saturated carbocycles. The molecule has 2 aromatic heterocycles. The largest absolute Gasteiger partial charge is 0.485 e. The molecule has 0 spiro atoms. The molecule has 0 saturated heterocycles. The maximum absolute atomic E-state index is 6.08. The van der Waals surface area contributed by atoms with Gasteiger partial charge < -0.3 is 14.0 Å². The summed E-state index contributed by atoms with van der Waals surface area (Å²) in [4.78, 5) is 4.50. The Labute approximate surface area is 138 Å². The van der Waals surface area contributed by atoms with Gasteiger partial charge in [0.05, 0.1) is 0 Å². The number of fused-ring (bicyclic) bond motifs is 2. The van der Waals surface area contributed by atoms with Gasteiger partial charge in [-0.1, -0.05) is 17.3 Å². The average Bonchev–Trinajstić information content (AvgIpc) is 3.29. The lowest BCUT2D eigenvalue weighted by atomic mass is 10.1. The van der Waals surface area contributed by atoms with Gasteiger partial charge in [0.15, 0.2) is 17.2 Å². The third-order valence-electron chi connectivity index (χ3n) is 4.47. The first-order chi connectivity index (χ1) is 11.7. The van der Waals surface area contributed by atoms with E-state index in [1.165, 1.54) is 5.69 Å². The second-order valence-electron chi connectivity index (χ2n) is 6.34. The molecule has 0 fully saturated rings. The zero-order valence-corrected chi connectivity index (χ0v) is 13.2. The van der Waals surface area contributed by atoms with Crippen LogP contribution in [-0.2, 0) is 18.6 Å². The third kappa shape index (κ3) is 2.01. The van der Waals surface area contributed by atoms with Gasteiger partial charge >= 0.3 is 0 Å². The highest BCUT2D eigenvalue weighted by molar-refractivity contribution is 5.48. The Morgan fingerprint density at radius 2 is 2.08 bits per heavy atom. The molecule has 0 amide bonds. The lowest BCUT2D eigenvalue weighted by Gasteiger charge is -2.32. The first kappa shape index (κ1) is 13.6. The number of nitrogens with zero attached hydrogens (tertiary/aromatic N) is 4. The number of hydrogen-bond donors (Lipinski definition) is 0. The summed E-state index contributed by atoms with van der Waals surface area (Å²) in [5.41, 5.74) is 1.13. The average molecular weight is 324 g/mol. The summed E-state index contributed by atoms with van der Waals surface area (Å²) in [5, 5.41) is 8.63. The fourth-order valence-electron chi connectivity index (χ4n) is 3.16. The van der Waals surface area contributed by atoms with E-state index >= 15 is 0 Å². The van der Waals surface area contributed by atoms with Gasteiger partial charge in [-0.15, -0.1) is 0 Å². The number of para-hydroxylation sites is 2. The molecule has 7 heteroatoms. The maximum Gasteiger partial charge on any atom is 0.278 e. The monoisotopic (exact) mass is 324 g/mol. The highest BCUT2D eigenvalue weighted by Gasteiger charge is 2.40. The van der Waals surface area contributed by atoms with Crippen molar-refractivity contribution in [3.8, 4) is 23.1 Å². The van der Waals surface area contributed by atoms with E-state index in [2.05, 4.69) is 15.2 Å². The van der Waals surface area contributed by atoms with E-state index in [9.17, 15) is 0 Å². The van der Waals surface area contributed by atoms with Crippen LogP contribution in [0.3, 0.4) is 0 Å². The van der Waals surface area contributed by atoms with Crippen LogP contribution in [0.2, 0.25) is 0 Å². The Hall–Kier alpha value is -2.83. The minimum Gasteiger partial charge on any atom is -0.485 e. The Morgan fingerprint density at radius 3 is 2.96 bits per heavy atom. The summed E-state index contributed by atoms with van der Waals surface area (Å²) in [5.74, 6) is 2.28. The molecular formula is C17H16N4O3. The molecule has 1 aromatic carbocycles. The van der Waals surface area contributed by atoms with Crippen molar-refractivity contribution in [2.24, 2.45) is 0 Å². The van der Waals surface area contributed by atoms with E-state index in [4.69, 9.17) is 14.0 Å². The number of rotatable bonds is 2. The minimum atomic E-state index is -0.793. The van der Waals surface area contributed by atoms with Crippen LogP contribution in [-0.4, -0.2) is 26.5 Å². The number of aryl methyl sites for hydroxylation is 2. The van der Waals surface area contributed by atoms with Gasteiger partial charge in [-0.3, -0.25) is 4.68 Å². The Morgan fingerprint density at radius 1 is 1.21 bits per heavy atom. The molecule has 0 bridgehead atoms. The van der Waals surface area contributed by atoms with Crippen LogP contribution in [0.15, 0.2) is 34.9 Å². The highest BCUT2D eigenvalue weighted by Crippen LogP contribution is 2.38. The number of hydrogen-bond acceptors (Lipinski definition) is 6. The van der Waals surface area contributed by atoms with Crippen LogP contribution in [0.5, 0.6) is 11.5 Å². The van der Waals surface area contributed by atoms with E-state index < -0.39 is 5.60 Å². The van der Waals surface area contributed by atoms with Crippen molar-refractivity contribution in [1.82, 2.24) is 19.9 Å². The van der Waals surface area contributed by atoms with E-state index in [1.54, 1.807) is 0 Å². The highest BCUT2D eigenvalue weighted by atomic mass is 16.6. The number of ether oxygens (including phenoxy) is 2. The zero-order chi connectivity index (χ0) is 16.1. The van der Waals surface area contributed by atoms with Crippen molar-refractivity contribution in [3.05, 3.63) is 41.9 Å². The molecule has 3 aromatic rings. The van der Waals surface area contributed by atoms with Crippen molar-refractivity contribution in [3.63, 3.8) is 0 Å². The molecule has 0 aliphatic carbocycles. The van der Waals surface area contributed by atoms with Crippen molar-refractivity contribution < 1.29 is 14.0 Å². The molecular weight excluding hydrogens is 308 g/mol. The second-order valence-corrected chi connectivity index (χ2v) is 6.34. The van der Waals surface area contributed by atoms with Crippen molar-refractivity contribution in [2.45, 2.75) is 31.9 Å². The van der Waals surface area contributed by atoms with Crippen LogP contribution in [0.25, 0.3) is 11.6 Å². The molecule has 122 valence electrons. The molecule has 2 aliphatic heterocycles. The Balaban J connectivity index is 1.46. The summed E-state index contributed by atoms with van der Waals surface area (Å²) >= 11 is 0. The fraction of sp³-hybridized carbons (Fsp3) is 0.353. The molecule has 7 nitrogen and oxygen atoms in total. The molecule has 1 atom stereocenters. The van der Waals surface area contributed by atoms with E-state index in [1.807, 2.05) is 41.9 Å². The van der Waals surface area contributed by atoms with Crippen LogP contribution in [0.1, 0.15) is 24.9 Å². The molecule has 1 unspecified atom stereocenters. The fourth-order valence-corrected chi connectivity index (χ4v) is 3.16. The summed E-state index contributed by atoms with van der Waals surface area (Å²) < 4.78 is 19.3. The van der Waals surface area contributed by atoms with Gasteiger partial charge in [0.1, 0.15) is 6.61 Å². The van der Waals surface area contributed by atoms with Crippen molar-refractivity contribution in [2.75, 3.05) is 6.61 Å².